The molecule has 0 aromatic carbocycles. The van der Waals surface area contributed by atoms with Crippen LogP contribution in [0.25, 0.3) is 11.0 Å². The molecule has 9 nitrogen and oxygen atoms in total. The number of nitrogens with one attached hydrogen (secondary N) is 2. The molecule has 1 aliphatic heterocycles. The van der Waals surface area contributed by atoms with Gasteiger partial charge in [-0.1, -0.05) is 0 Å². The number of H-pyrrole nitrogens is 1. The predicted molar refractivity (Wildman–Crippen MR) is 101 cm³/mol. The summed E-state index contributed by atoms with van der Waals surface area (Å²) in [6.45, 7) is 4.81. The number of pyridine rings is 2. The fraction of sp³-hybridized carbons (Fsp3) is 0.333. The molecule has 3 aromatic heterocycles. The van der Waals surface area contributed by atoms with Crippen LogP contribution < -0.4 is 15.8 Å². The van der Waals surface area contributed by atoms with Crippen molar-refractivity contribution in [1.82, 2.24) is 19.7 Å². The Kier molecular flexibility index (Phi) is 4.36. The first-order valence-electron chi connectivity index (χ1n) is 8.69. The molecule has 1 saturated heterocycles. The number of anilines is 2. The number of carbonyl (C=O) groups excluding carboxylic acids is 1. The zero-order valence-electron chi connectivity index (χ0n) is 15.2. The first-order chi connectivity index (χ1) is 13.0. The second-order valence-corrected chi connectivity index (χ2v) is 6.46. The van der Waals surface area contributed by atoms with Crippen LogP contribution in [0.3, 0.4) is 0 Å². The van der Waals surface area contributed by atoms with E-state index in [1.165, 1.54) is 4.68 Å². The lowest BCUT2D eigenvalue weighted by Crippen LogP contribution is -2.36. The maximum Gasteiger partial charge on any atom is 0.274 e. The van der Waals surface area contributed by atoms with Gasteiger partial charge in [-0.25, -0.2) is 9.97 Å². The Balaban J connectivity index is 1.59. The molecule has 1 fully saturated rings. The normalized spacial score (nSPS) is 14.5. The summed E-state index contributed by atoms with van der Waals surface area (Å²) in [7, 11) is 1.68. The molecule has 9 heteroatoms. The zero-order chi connectivity index (χ0) is 19.0. The van der Waals surface area contributed by atoms with Crippen LogP contribution in [-0.4, -0.2) is 52.0 Å². The maximum absolute atomic E-state index is 12.8. The molecule has 27 heavy (non-hydrogen) atoms. The van der Waals surface area contributed by atoms with E-state index in [2.05, 4.69) is 25.3 Å². The minimum absolute atomic E-state index is 0.269. The van der Waals surface area contributed by atoms with Gasteiger partial charge in [0.05, 0.1) is 36.0 Å². The van der Waals surface area contributed by atoms with Crippen LogP contribution in [0.4, 0.5) is 11.5 Å². The first kappa shape index (κ1) is 17.2. The molecule has 0 unspecified atom stereocenters. The van der Waals surface area contributed by atoms with Crippen molar-refractivity contribution in [1.29, 1.82) is 0 Å². The highest BCUT2D eigenvalue weighted by Crippen LogP contribution is 2.19. The molecule has 2 N–H and O–H groups in total. The Morgan fingerprint density at radius 1 is 1.30 bits per heavy atom. The summed E-state index contributed by atoms with van der Waals surface area (Å²) >= 11 is 0. The molecule has 0 aliphatic carbocycles. The topological polar surface area (TPSA) is 105 Å². The largest absolute Gasteiger partial charge is 0.378 e. The minimum atomic E-state index is -0.395. The van der Waals surface area contributed by atoms with E-state index in [9.17, 15) is 9.59 Å². The number of aromatic amines is 1. The van der Waals surface area contributed by atoms with Gasteiger partial charge in [-0.05, 0) is 25.1 Å². The van der Waals surface area contributed by atoms with Crippen LogP contribution in [0.5, 0.6) is 0 Å². The molecule has 0 radical (unpaired) electrons. The first-order valence-corrected chi connectivity index (χ1v) is 8.69. The van der Waals surface area contributed by atoms with Gasteiger partial charge in [-0.15, -0.1) is 0 Å². The number of hydrogen-bond acceptors (Lipinski definition) is 6. The van der Waals surface area contributed by atoms with Gasteiger partial charge in [-0.3, -0.25) is 19.4 Å². The van der Waals surface area contributed by atoms with E-state index in [1.54, 1.807) is 32.3 Å². The molecule has 3 aromatic rings. The van der Waals surface area contributed by atoms with E-state index in [0.29, 0.717) is 30.4 Å². The molecule has 1 amide bonds. The quantitative estimate of drug-likeness (QED) is 0.716. The van der Waals surface area contributed by atoms with Gasteiger partial charge in [0.15, 0.2) is 5.65 Å². The molecule has 0 atom stereocenters. The zero-order valence-corrected chi connectivity index (χ0v) is 15.2. The van der Waals surface area contributed by atoms with E-state index < -0.39 is 5.91 Å². The van der Waals surface area contributed by atoms with Crippen molar-refractivity contribution in [3.05, 3.63) is 46.0 Å². The van der Waals surface area contributed by atoms with Gasteiger partial charge >= 0.3 is 0 Å². The van der Waals surface area contributed by atoms with Gasteiger partial charge < -0.3 is 15.0 Å². The number of aryl methyl sites for hydroxylation is 2. The van der Waals surface area contributed by atoms with Gasteiger partial charge in [0.25, 0.3) is 11.5 Å². The maximum atomic E-state index is 12.8. The summed E-state index contributed by atoms with van der Waals surface area (Å²) < 4.78 is 6.86. The summed E-state index contributed by atoms with van der Waals surface area (Å²) in [5, 5.41) is 5.66. The van der Waals surface area contributed by atoms with Crippen molar-refractivity contribution < 1.29 is 9.53 Å². The number of fused-ring (bicyclic) bond motifs is 1. The highest BCUT2D eigenvalue weighted by atomic mass is 16.5. The van der Waals surface area contributed by atoms with Crippen LogP contribution >= 0.6 is 0 Å². The smallest absolute Gasteiger partial charge is 0.274 e. The van der Waals surface area contributed by atoms with Crippen LogP contribution in [0.1, 0.15) is 16.1 Å². The number of hydrogen-bond donors (Lipinski definition) is 2. The predicted octanol–water partition coefficient (Wildman–Crippen LogP) is 1.05. The third kappa shape index (κ3) is 3.28. The average Bonchev–Trinajstić information content (AvgIpc) is 2.96. The Morgan fingerprint density at radius 3 is 2.78 bits per heavy atom. The number of amides is 1. The van der Waals surface area contributed by atoms with Crippen molar-refractivity contribution in [2.45, 2.75) is 6.92 Å². The third-order valence-corrected chi connectivity index (χ3v) is 4.55. The lowest BCUT2D eigenvalue weighted by molar-refractivity contribution is 0.102. The van der Waals surface area contributed by atoms with E-state index in [4.69, 9.17) is 4.74 Å². The fourth-order valence-corrected chi connectivity index (χ4v) is 3.22. The fourth-order valence-electron chi connectivity index (χ4n) is 3.22. The highest BCUT2D eigenvalue weighted by Gasteiger charge is 2.18. The number of carbonyl (C=O) groups is 1. The monoisotopic (exact) mass is 368 g/mol. The molecule has 0 saturated carbocycles. The Morgan fingerprint density at radius 2 is 2.07 bits per heavy atom. The summed E-state index contributed by atoms with van der Waals surface area (Å²) in [4.78, 5) is 35.8. The number of morpholine rings is 1. The van der Waals surface area contributed by atoms with Crippen LogP contribution in [0.2, 0.25) is 0 Å². The van der Waals surface area contributed by atoms with Crippen molar-refractivity contribution in [3.8, 4) is 0 Å². The Bertz CT molecular complexity index is 1050. The van der Waals surface area contributed by atoms with Gasteiger partial charge in [0, 0.05) is 25.8 Å². The van der Waals surface area contributed by atoms with Gasteiger partial charge in [0.2, 0.25) is 0 Å². The standard InChI is InChI=1S/C18H20N6O3/c1-11-9-13(15-16(20-11)23(2)22-18(15)26)17(25)21-14-4-3-12(10-19-14)24-5-7-27-8-6-24/h3-4,9-10H,5-8H2,1-2H3,(H,22,26)(H,19,21,25). The second-order valence-electron chi connectivity index (χ2n) is 6.46. The van der Waals surface area contributed by atoms with E-state index in [0.717, 1.165) is 18.8 Å². The van der Waals surface area contributed by atoms with Crippen molar-refractivity contribution in [2.75, 3.05) is 36.5 Å². The molecule has 0 bridgehead atoms. The number of aromatic nitrogens is 4. The summed E-state index contributed by atoms with van der Waals surface area (Å²) in [5.41, 5.74) is 2.01. The summed E-state index contributed by atoms with van der Waals surface area (Å²) in [5.74, 6) is 0.0285. The molecule has 4 rings (SSSR count). The van der Waals surface area contributed by atoms with E-state index in [-0.39, 0.29) is 16.5 Å². The molecule has 0 spiro atoms. The summed E-state index contributed by atoms with van der Waals surface area (Å²) in [6, 6.07) is 5.27. The van der Waals surface area contributed by atoms with E-state index in [1.807, 2.05) is 6.07 Å². The molecule has 1 aliphatic rings. The molecular weight excluding hydrogens is 348 g/mol. The molecular formula is C18H20N6O3. The summed E-state index contributed by atoms with van der Waals surface area (Å²) in [6.07, 6.45) is 1.73. The van der Waals surface area contributed by atoms with Crippen LogP contribution in [-0.2, 0) is 11.8 Å². The number of ether oxygens (including phenoxy) is 1. The van der Waals surface area contributed by atoms with Crippen molar-refractivity contribution in [3.63, 3.8) is 0 Å². The highest BCUT2D eigenvalue weighted by molar-refractivity contribution is 6.11. The third-order valence-electron chi connectivity index (χ3n) is 4.55. The van der Waals surface area contributed by atoms with Crippen molar-refractivity contribution >= 4 is 28.4 Å². The lowest BCUT2D eigenvalue weighted by atomic mass is 10.1. The van der Waals surface area contributed by atoms with Gasteiger partial charge in [0.1, 0.15) is 5.82 Å². The average molecular weight is 368 g/mol. The Hall–Kier alpha value is -3.20. The van der Waals surface area contributed by atoms with Crippen molar-refractivity contribution in [2.24, 2.45) is 7.05 Å². The molecule has 4 heterocycles. The number of nitrogens with zero attached hydrogens (tertiary/aromatic N) is 4. The van der Waals surface area contributed by atoms with Gasteiger partial charge in [-0.2, -0.15) is 0 Å². The molecule has 140 valence electrons. The lowest BCUT2D eigenvalue weighted by Gasteiger charge is -2.28. The minimum Gasteiger partial charge on any atom is -0.378 e. The van der Waals surface area contributed by atoms with E-state index >= 15 is 0 Å². The Labute approximate surface area is 155 Å². The SMILES string of the molecule is Cc1cc(C(=O)Nc2ccc(N3CCOCC3)cn2)c2c(=O)[nH]n(C)c2n1. The number of rotatable bonds is 3. The van der Waals surface area contributed by atoms with Crippen LogP contribution in [0, 0.1) is 6.92 Å². The van der Waals surface area contributed by atoms with Crippen LogP contribution in [0.15, 0.2) is 29.2 Å². The second kappa shape index (κ2) is 6.84.